The molecular formula is C19H21N3O4. The maximum atomic E-state index is 12.5. The van der Waals surface area contributed by atoms with Crippen LogP contribution in [0.15, 0.2) is 54.6 Å². The molecule has 0 saturated heterocycles. The predicted octanol–water partition coefficient (Wildman–Crippen LogP) is 2.82. The second-order valence-electron chi connectivity index (χ2n) is 6.00. The van der Waals surface area contributed by atoms with Crippen LogP contribution in [0.2, 0.25) is 0 Å². The number of amides is 3. The van der Waals surface area contributed by atoms with Gasteiger partial charge in [0.1, 0.15) is 5.75 Å². The van der Waals surface area contributed by atoms with Crippen molar-refractivity contribution in [1.82, 2.24) is 10.4 Å². The first-order chi connectivity index (χ1) is 12.6. The van der Waals surface area contributed by atoms with E-state index in [0.717, 1.165) is 11.3 Å². The van der Waals surface area contributed by atoms with Gasteiger partial charge in [-0.05, 0) is 30.2 Å². The molecule has 3 amide bonds. The van der Waals surface area contributed by atoms with E-state index < -0.39 is 6.09 Å². The van der Waals surface area contributed by atoms with E-state index in [-0.39, 0.29) is 12.1 Å². The Morgan fingerprint density at radius 1 is 1.12 bits per heavy atom. The van der Waals surface area contributed by atoms with Gasteiger partial charge in [-0.3, -0.25) is 9.74 Å². The van der Waals surface area contributed by atoms with Crippen LogP contribution in [0.4, 0.5) is 15.3 Å². The van der Waals surface area contributed by atoms with E-state index in [1.807, 2.05) is 30.3 Å². The maximum absolute atomic E-state index is 12.5. The molecule has 1 aliphatic rings. The number of hydrogen-bond donors (Lipinski definition) is 1. The van der Waals surface area contributed by atoms with Gasteiger partial charge < -0.3 is 9.64 Å². The molecule has 0 aromatic heterocycles. The Balaban J connectivity index is 1.78. The molecule has 2 aromatic carbocycles. The summed E-state index contributed by atoms with van der Waals surface area (Å²) in [5, 5.41) is 0. The molecule has 26 heavy (non-hydrogen) atoms. The number of para-hydroxylation sites is 2. The summed E-state index contributed by atoms with van der Waals surface area (Å²) in [6.07, 6.45) is 0.167. The van der Waals surface area contributed by atoms with Gasteiger partial charge in [-0.15, -0.1) is 0 Å². The number of carbonyl (C=O) groups is 2. The molecule has 1 aliphatic heterocycles. The fourth-order valence-electron chi connectivity index (χ4n) is 2.98. The van der Waals surface area contributed by atoms with Gasteiger partial charge in [-0.2, -0.15) is 0 Å². The van der Waals surface area contributed by atoms with Crippen LogP contribution in [0.1, 0.15) is 5.56 Å². The van der Waals surface area contributed by atoms with Crippen molar-refractivity contribution in [2.45, 2.75) is 12.5 Å². The van der Waals surface area contributed by atoms with Crippen molar-refractivity contribution in [3.63, 3.8) is 0 Å². The summed E-state index contributed by atoms with van der Waals surface area (Å²) in [5.74, 6) is 0.481. The third-order valence-corrected chi connectivity index (χ3v) is 4.35. The number of hydrogen-bond acceptors (Lipinski definition) is 4. The molecule has 0 radical (unpaired) electrons. The van der Waals surface area contributed by atoms with Crippen LogP contribution in [-0.4, -0.2) is 43.8 Å². The summed E-state index contributed by atoms with van der Waals surface area (Å²) in [7, 11) is 3.06. The number of fused-ring (bicyclic) bond motifs is 1. The van der Waals surface area contributed by atoms with Gasteiger partial charge in [-0.25, -0.2) is 15.1 Å². The molecule has 2 aromatic rings. The van der Waals surface area contributed by atoms with Gasteiger partial charge in [-0.1, -0.05) is 36.4 Å². The summed E-state index contributed by atoms with van der Waals surface area (Å²) >= 11 is 0. The molecule has 0 fully saturated rings. The Morgan fingerprint density at radius 2 is 1.81 bits per heavy atom. The third kappa shape index (κ3) is 3.78. The smallest absolute Gasteiger partial charge is 0.410 e. The monoisotopic (exact) mass is 355 g/mol. The van der Waals surface area contributed by atoms with Gasteiger partial charge >= 0.3 is 12.1 Å². The van der Waals surface area contributed by atoms with E-state index in [9.17, 15) is 9.59 Å². The molecule has 1 heterocycles. The summed E-state index contributed by atoms with van der Waals surface area (Å²) in [4.78, 5) is 32.7. The second-order valence-corrected chi connectivity index (χ2v) is 6.00. The van der Waals surface area contributed by atoms with Crippen LogP contribution < -0.4 is 15.1 Å². The highest BCUT2D eigenvalue weighted by Crippen LogP contribution is 2.29. The minimum Gasteiger partial charge on any atom is -0.410 e. The first kappa shape index (κ1) is 17.8. The lowest BCUT2D eigenvalue weighted by molar-refractivity contribution is 0.109. The maximum Gasteiger partial charge on any atom is 0.415 e. The zero-order valence-corrected chi connectivity index (χ0v) is 14.7. The van der Waals surface area contributed by atoms with Crippen molar-refractivity contribution >= 4 is 17.8 Å². The quantitative estimate of drug-likeness (QED) is 0.860. The van der Waals surface area contributed by atoms with Crippen LogP contribution in [0, 0.1) is 0 Å². The van der Waals surface area contributed by atoms with E-state index in [1.54, 1.807) is 36.2 Å². The number of likely N-dealkylation sites (N-methyl/N-ethyl adjacent to an activating group) is 1. The van der Waals surface area contributed by atoms with E-state index in [0.29, 0.717) is 18.7 Å². The molecule has 1 N–H and O–H groups in total. The Hall–Kier alpha value is -3.06. The van der Waals surface area contributed by atoms with Crippen molar-refractivity contribution < 1.29 is 19.2 Å². The largest absolute Gasteiger partial charge is 0.415 e. The average Bonchev–Trinajstić information content (AvgIpc) is 2.67. The van der Waals surface area contributed by atoms with Crippen LogP contribution in [-0.2, 0) is 11.3 Å². The summed E-state index contributed by atoms with van der Waals surface area (Å²) in [5.41, 5.74) is 4.13. The van der Waals surface area contributed by atoms with Crippen LogP contribution in [0.25, 0.3) is 0 Å². The van der Waals surface area contributed by atoms with Crippen molar-refractivity contribution in [2.75, 3.05) is 25.6 Å². The molecule has 7 nitrogen and oxygen atoms in total. The summed E-state index contributed by atoms with van der Waals surface area (Å²) < 4.78 is 5.40. The minimum atomic E-state index is -0.465. The van der Waals surface area contributed by atoms with Gasteiger partial charge in [0.15, 0.2) is 0 Å². The zero-order valence-electron chi connectivity index (χ0n) is 14.7. The van der Waals surface area contributed by atoms with E-state index in [4.69, 9.17) is 9.57 Å². The Bertz CT molecular complexity index is 781. The number of urea groups is 1. The lowest BCUT2D eigenvalue weighted by Gasteiger charge is -2.38. The standard InChI is InChI=1S/C19H21N3O4/c1-21(19(24)26-16-9-4-3-5-10-16)15-12-14-8-6-7-11-17(14)22(13-15)18(23)20-25-2/h3-11,15H,12-13H2,1-2H3,(H,20,23)/t15-/m1/s1. The van der Waals surface area contributed by atoms with Gasteiger partial charge in [0.25, 0.3) is 0 Å². The molecule has 0 aliphatic carbocycles. The zero-order chi connectivity index (χ0) is 18.5. The number of hydroxylamine groups is 1. The number of benzene rings is 2. The summed E-state index contributed by atoms with van der Waals surface area (Å²) in [6.45, 7) is 0.340. The van der Waals surface area contributed by atoms with Crippen LogP contribution in [0.5, 0.6) is 5.75 Å². The lowest BCUT2D eigenvalue weighted by atomic mass is 9.97. The Morgan fingerprint density at radius 3 is 2.54 bits per heavy atom. The first-order valence-corrected chi connectivity index (χ1v) is 8.28. The fraction of sp³-hybridized carbons (Fsp3) is 0.263. The lowest BCUT2D eigenvalue weighted by Crippen LogP contribution is -2.53. The highest BCUT2D eigenvalue weighted by molar-refractivity contribution is 5.93. The number of ether oxygens (including phenoxy) is 1. The van der Waals surface area contributed by atoms with Crippen molar-refractivity contribution in [1.29, 1.82) is 0 Å². The minimum absolute atomic E-state index is 0.219. The van der Waals surface area contributed by atoms with Crippen LogP contribution in [0.3, 0.4) is 0 Å². The SMILES string of the molecule is CONC(=O)N1C[C@H](N(C)C(=O)Oc2ccccc2)Cc2ccccc21. The topological polar surface area (TPSA) is 71.1 Å². The Kier molecular flexibility index (Phi) is 5.38. The van der Waals surface area contributed by atoms with Crippen LogP contribution >= 0.6 is 0 Å². The first-order valence-electron chi connectivity index (χ1n) is 8.28. The number of carbonyl (C=O) groups excluding carboxylic acids is 2. The molecule has 0 unspecified atom stereocenters. The molecule has 0 bridgehead atoms. The molecule has 3 rings (SSSR count). The summed E-state index contributed by atoms with van der Waals surface area (Å²) in [6, 6.07) is 15.9. The van der Waals surface area contributed by atoms with Gasteiger partial charge in [0.2, 0.25) is 0 Å². The third-order valence-electron chi connectivity index (χ3n) is 4.35. The normalized spacial score (nSPS) is 15.8. The molecule has 7 heteroatoms. The van der Waals surface area contributed by atoms with E-state index >= 15 is 0 Å². The molecule has 0 saturated carbocycles. The van der Waals surface area contributed by atoms with Crippen molar-refractivity contribution in [3.8, 4) is 5.75 Å². The van der Waals surface area contributed by atoms with E-state index in [2.05, 4.69) is 5.48 Å². The van der Waals surface area contributed by atoms with Crippen molar-refractivity contribution in [3.05, 3.63) is 60.2 Å². The molecule has 1 atom stereocenters. The highest BCUT2D eigenvalue weighted by atomic mass is 16.6. The van der Waals surface area contributed by atoms with Gasteiger partial charge in [0.05, 0.1) is 13.2 Å². The molecular weight excluding hydrogens is 334 g/mol. The van der Waals surface area contributed by atoms with Gasteiger partial charge in [0, 0.05) is 19.3 Å². The number of anilines is 1. The fourth-order valence-corrected chi connectivity index (χ4v) is 2.98. The highest BCUT2D eigenvalue weighted by Gasteiger charge is 2.33. The molecule has 0 spiro atoms. The number of rotatable bonds is 3. The second kappa shape index (κ2) is 7.88. The number of nitrogens with one attached hydrogen (secondary N) is 1. The predicted molar refractivity (Wildman–Crippen MR) is 97.0 cm³/mol. The average molecular weight is 355 g/mol. The Labute approximate surface area is 152 Å². The van der Waals surface area contributed by atoms with E-state index in [1.165, 1.54) is 12.0 Å². The molecule has 136 valence electrons. The number of nitrogens with zero attached hydrogens (tertiary/aromatic N) is 2. The van der Waals surface area contributed by atoms with Crippen molar-refractivity contribution in [2.24, 2.45) is 0 Å².